The monoisotopic (exact) mass is 520 g/mol. The van der Waals surface area contributed by atoms with E-state index in [-0.39, 0.29) is 23.4 Å². The van der Waals surface area contributed by atoms with Gasteiger partial charge in [0.1, 0.15) is 5.78 Å². The first-order valence-corrected chi connectivity index (χ1v) is 14.1. The van der Waals surface area contributed by atoms with Crippen LogP contribution >= 0.6 is 0 Å². The summed E-state index contributed by atoms with van der Waals surface area (Å²) in [6, 6.07) is 7.47. The van der Waals surface area contributed by atoms with Crippen molar-refractivity contribution in [2.75, 3.05) is 6.61 Å². The minimum atomic E-state index is -1.13. The number of aliphatic carboxylic acids is 1. The Balaban J connectivity index is 1.22. The summed E-state index contributed by atoms with van der Waals surface area (Å²) < 4.78 is 0. The normalized spacial score (nSPS) is 35.8. The number of rotatable bonds is 7. The number of carboxylic acid groups (broad SMARTS) is 1. The van der Waals surface area contributed by atoms with E-state index in [0.29, 0.717) is 29.1 Å². The molecule has 204 valence electrons. The molecule has 7 atom stereocenters. The number of carboxylic acids is 1. The van der Waals surface area contributed by atoms with Gasteiger partial charge in [0, 0.05) is 5.92 Å². The number of benzene rings is 1. The van der Waals surface area contributed by atoms with Crippen LogP contribution in [0.2, 0.25) is 0 Å². The molecule has 5 rings (SSSR count). The second-order valence-corrected chi connectivity index (χ2v) is 12.4. The first-order chi connectivity index (χ1) is 18.1. The van der Waals surface area contributed by atoms with Crippen LogP contribution in [-0.2, 0) is 19.2 Å². The Kier molecular flexibility index (Phi) is 7.23. The maximum atomic E-state index is 12.4. The third-order valence-corrected chi connectivity index (χ3v) is 10.5. The molecule has 1 aromatic rings. The van der Waals surface area contributed by atoms with E-state index in [1.807, 2.05) is 0 Å². The van der Waals surface area contributed by atoms with Crippen molar-refractivity contribution < 1.29 is 24.3 Å². The van der Waals surface area contributed by atoms with Crippen LogP contribution in [0.4, 0.5) is 0 Å². The summed E-state index contributed by atoms with van der Waals surface area (Å²) in [5, 5.41) is 16.3. The maximum Gasteiger partial charge on any atom is 0.330 e. The van der Waals surface area contributed by atoms with Gasteiger partial charge in [-0.25, -0.2) is 4.79 Å². The fourth-order valence-electron chi connectivity index (χ4n) is 8.62. The zero-order valence-corrected chi connectivity index (χ0v) is 22.7. The zero-order chi connectivity index (χ0) is 27.1. The minimum absolute atomic E-state index is 0.152. The molecule has 0 aliphatic heterocycles. The first-order valence-electron chi connectivity index (χ1n) is 14.1. The summed E-state index contributed by atoms with van der Waals surface area (Å²) in [7, 11) is 0. The molecule has 3 saturated carbocycles. The molecule has 7 heteroatoms. The Labute approximate surface area is 225 Å². The molecule has 3 fully saturated rings. The van der Waals surface area contributed by atoms with Crippen molar-refractivity contribution in [2.45, 2.75) is 78.2 Å². The second kappa shape index (κ2) is 10.3. The number of hydrogen-bond donors (Lipinski definition) is 2. The summed E-state index contributed by atoms with van der Waals surface area (Å²) in [4.78, 5) is 41.8. The highest BCUT2D eigenvalue weighted by Crippen LogP contribution is 2.66. The molecule has 1 aromatic carbocycles. The third kappa shape index (κ3) is 4.69. The number of carbonyl (C=O) groups excluding carboxylic acids is 2. The van der Waals surface area contributed by atoms with Gasteiger partial charge in [0.05, 0.1) is 5.71 Å². The molecule has 0 saturated heterocycles. The van der Waals surface area contributed by atoms with Crippen LogP contribution in [-0.4, -0.2) is 35.1 Å². The van der Waals surface area contributed by atoms with Crippen LogP contribution in [0.5, 0.6) is 0 Å². The molecule has 0 heterocycles. The van der Waals surface area contributed by atoms with E-state index in [1.165, 1.54) is 24.8 Å². The van der Waals surface area contributed by atoms with E-state index < -0.39 is 17.9 Å². The van der Waals surface area contributed by atoms with Gasteiger partial charge in [-0.3, -0.25) is 9.59 Å². The fourth-order valence-corrected chi connectivity index (χ4v) is 8.62. The molecule has 7 nitrogen and oxygen atoms in total. The molecular weight excluding hydrogens is 480 g/mol. The van der Waals surface area contributed by atoms with Crippen LogP contribution in [0, 0.1) is 34.5 Å². The van der Waals surface area contributed by atoms with E-state index in [2.05, 4.69) is 30.4 Å². The van der Waals surface area contributed by atoms with Crippen molar-refractivity contribution in [3.63, 3.8) is 0 Å². The topological polar surface area (TPSA) is 105 Å². The number of hydrogen-bond acceptors (Lipinski definition) is 5. The highest BCUT2D eigenvalue weighted by Gasteiger charge is 2.59. The van der Waals surface area contributed by atoms with E-state index in [1.54, 1.807) is 37.3 Å². The average molecular weight is 521 g/mol. The Morgan fingerprint density at radius 2 is 1.82 bits per heavy atom. The lowest BCUT2D eigenvalue weighted by molar-refractivity contribution is -0.142. The number of nitrogens with one attached hydrogen (secondary N) is 1. The average Bonchev–Trinajstić information content (AvgIpc) is 3.25. The molecule has 0 aromatic heterocycles. The van der Waals surface area contributed by atoms with Gasteiger partial charge in [-0.2, -0.15) is 0 Å². The smallest absolute Gasteiger partial charge is 0.330 e. The summed E-state index contributed by atoms with van der Waals surface area (Å²) in [6.07, 6.45) is 10.8. The molecule has 4 aliphatic rings. The fraction of sp³-hybridized carbons (Fsp3) is 0.613. The van der Waals surface area contributed by atoms with E-state index in [0.717, 1.165) is 37.8 Å². The van der Waals surface area contributed by atoms with Gasteiger partial charge in [0.25, 0.3) is 5.91 Å². The van der Waals surface area contributed by atoms with Crippen molar-refractivity contribution in [2.24, 2.45) is 39.7 Å². The van der Waals surface area contributed by atoms with Crippen LogP contribution in [0.3, 0.4) is 0 Å². The summed E-state index contributed by atoms with van der Waals surface area (Å²) >= 11 is 0. The number of carbonyl (C=O) groups is 3. The molecule has 1 amide bonds. The lowest BCUT2D eigenvalue weighted by Crippen LogP contribution is -2.51. The predicted octanol–water partition coefficient (Wildman–Crippen LogP) is 5.47. The molecule has 0 bridgehead atoms. The Morgan fingerprint density at radius 3 is 2.53 bits per heavy atom. The molecule has 4 aliphatic carbocycles. The number of oxime groups is 1. The minimum Gasteiger partial charge on any atom is -0.479 e. The van der Waals surface area contributed by atoms with Crippen LogP contribution < -0.4 is 5.32 Å². The van der Waals surface area contributed by atoms with Gasteiger partial charge in [-0.05, 0) is 98.5 Å². The molecular formula is C31H40N2O5. The predicted molar refractivity (Wildman–Crippen MR) is 144 cm³/mol. The van der Waals surface area contributed by atoms with Crippen LogP contribution in [0.25, 0.3) is 0 Å². The molecule has 2 N–H and O–H groups in total. The number of fused-ring (bicyclic) bond motifs is 5. The van der Waals surface area contributed by atoms with E-state index in [4.69, 9.17) is 4.84 Å². The third-order valence-electron chi connectivity index (χ3n) is 10.5. The second-order valence-electron chi connectivity index (χ2n) is 12.4. The Bertz CT molecular complexity index is 1160. The summed E-state index contributed by atoms with van der Waals surface area (Å²) in [5.41, 5.74) is 3.11. The Hall–Kier alpha value is -2.96. The van der Waals surface area contributed by atoms with Crippen molar-refractivity contribution >= 4 is 23.4 Å². The van der Waals surface area contributed by atoms with Gasteiger partial charge in [0.2, 0.25) is 0 Å². The van der Waals surface area contributed by atoms with Crippen LogP contribution in [0.1, 0.15) is 83.7 Å². The van der Waals surface area contributed by atoms with E-state index in [9.17, 15) is 19.5 Å². The molecule has 0 spiro atoms. The Morgan fingerprint density at radius 1 is 1.05 bits per heavy atom. The number of allylic oxidation sites excluding steroid dienone is 2. The summed E-state index contributed by atoms with van der Waals surface area (Å²) in [5.74, 6) is 0.940. The lowest BCUT2D eigenvalue weighted by atomic mass is 9.46. The number of Topliss-reactive ketones (excluding diaryl/α,β-unsaturated/α-hetero) is 1. The number of nitrogens with zero attached hydrogens (tertiary/aromatic N) is 1. The zero-order valence-electron chi connectivity index (χ0n) is 22.7. The van der Waals surface area contributed by atoms with Crippen molar-refractivity contribution in [1.82, 2.24) is 5.32 Å². The first kappa shape index (κ1) is 26.6. The SMILES string of the molecule is CC(=O)C1CCC2C3CCC4=C/C(=N\OCC(=O)NC(C(=O)O)c5ccccc5)CC[C@]4(C)C3CC[C@]12C. The molecule has 38 heavy (non-hydrogen) atoms. The van der Waals surface area contributed by atoms with Crippen molar-refractivity contribution in [1.29, 1.82) is 0 Å². The standard InChI is InChI=1S/C31H40N2O5/c1-19(34)24-11-12-25-23-10-9-21-17-22(13-15-30(21,2)26(23)14-16-31(24,25)3)33-38-18-27(35)32-28(29(36)37)20-7-5-4-6-8-20/h4-8,17,23-26,28H,9-16,18H2,1-3H3,(H,32,35)(H,36,37)/b33-22-/t23?,24?,25?,26?,28?,30-,31+/m0/s1. The number of amides is 1. The lowest BCUT2D eigenvalue weighted by Gasteiger charge is -2.58. The van der Waals surface area contributed by atoms with Gasteiger partial charge < -0.3 is 15.3 Å². The van der Waals surface area contributed by atoms with E-state index >= 15 is 0 Å². The van der Waals surface area contributed by atoms with Crippen molar-refractivity contribution in [3.05, 3.63) is 47.5 Å². The van der Waals surface area contributed by atoms with Crippen LogP contribution in [0.15, 0.2) is 47.1 Å². The number of ketones is 1. The van der Waals surface area contributed by atoms with Gasteiger partial charge in [-0.15, -0.1) is 0 Å². The van der Waals surface area contributed by atoms with Gasteiger partial charge in [0.15, 0.2) is 12.6 Å². The highest BCUT2D eigenvalue weighted by atomic mass is 16.6. The molecule has 5 unspecified atom stereocenters. The quantitative estimate of drug-likeness (QED) is 0.464. The van der Waals surface area contributed by atoms with Crippen molar-refractivity contribution in [3.8, 4) is 0 Å². The van der Waals surface area contributed by atoms with Gasteiger partial charge >= 0.3 is 5.97 Å². The van der Waals surface area contributed by atoms with Gasteiger partial charge in [-0.1, -0.05) is 54.9 Å². The highest BCUT2D eigenvalue weighted by molar-refractivity contribution is 5.96. The molecule has 0 radical (unpaired) electrons. The largest absolute Gasteiger partial charge is 0.479 e. The maximum absolute atomic E-state index is 12.4. The summed E-state index contributed by atoms with van der Waals surface area (Å²) in [6.45, 7) is 6.27.